The third kappa shape index (κ3) is 5.18. The van der Waals surface area contributed by atoms with Crippen LogP contribution in [-0.2, 0) is 10.1 Å². The van der Waals surface area contributed by atoms with Crippen LogP contribution in [0, 0.1) is 10.1 Å². The number of nitro groups is 1. The SMILES string of the molecule is Nc1ccc([NH3+])c([N+](=O)[O-])c1.O=S(=O)([O-])c1ccccc1. The Balaban J connectivity index is 0.000000211. The number of quaternary nitrogens is 1. The van der Waals surface area contributed by atoms with Gasteiger partial charge in [-0.2, -0.15) is 0 Å². The standard InChI is InChI=1S/C6H7N3O2.C6H6O3S/c7-4-1-2-5(8)6(3-4)9(10)11;7-10(8,9)6-4-2-1-3-5-6/h1-3H,7-8H2;1-5H,(H,7,8,9). The molecule has 0 amide bonds. The number of nitrogens with two attached hydrogens (primary N) is 1. The molecule has 21 heavy (non-hydrogen) atoms. The maximum absolute atomic E-state index is 10.3. The Hall–Kier alpha value is -2.49. The molecule has 2 aromatic rings. The summed E-state index contributed by atoms with van der Waals surface area (Å²) in [6.45, 7) is 0. The quantitative estimate of drug-likeness (QED) is 0.359. The first-order valence-electron chi connectivity index (χ1n) is 5.58. The van der Waals surface area contributed by atoms with E-state index in [-0.39, 0.29) is 10.6 Å². The van der Waals surface area contributed by atoms with E-state index in [1.165, 1.54) is 36.4 Å². The van der Waals surface area contributed by atoms with Crippen LogP contribution in [-0.4, -0.2) is 17.9 Å². The number of nitro benzene ring substituents is 1. The summed E-state index contributed by atoms with van der Waals surface area (Å²) in [4.78, 5) is 9.60. The molecule has 0 bridgehead atoms. The lowest BCUT2D eigenvalue weighted by atomic mass is 10.2. The van der Waals surface area contributed by atoms with Crippen LogP contribution in [0.3, 0.4) is 0 Å². The van der Waals surface area contributed by atoms with Crippen molar-refractivity contribution in [2.45, 2.75) is 4.90 Å². The molecule has 8 nitrogen and oxygen atoms in total. The van der Waals surface area contributed by atoms with Crippen LogP contribution >= 0.6 is 0 Å². The number of nitrogen functional groups attached to an aromatic ring is 1. The van der Waals surface area contributed by atoms with Gasteiger partial charge in [-0.15, -0.1) is 0 Å². The van der Waals surface area contributed by atoms with Crippen molar-refractivity contribution in [2.24, 2.45) is 0 Å². The first kappa shape index (κ1) is 16.6. The lowest BCUT2D eigenvalue weighted by molar-refractivity contribution is -0.395. The summed E-state index contributed by atoms with van der Waals surface area (Å²) in [7, 11) is -4.25. The number of anilines is 1. The second kappa shape index (κ2) is 6.79. The molecule has 0 saturated heterocycles. The molecule has 0 aromatic heterocycles. The molecule has 0 aliphatic heterocycles. The van der Waals surface area contributed by atoms with Crippen LogP contribution in [0.25, 0.3) is 0 Å². The van der Waals surface area contributed by atoms with Gasteiger partial charge in [0.15, 0.2) is 0 Å². The largest absolute Gasteiger partial charge is 0.744 e. The Morgan fingerprint density at radius 3 is 2.05 bits per heavy atom. The van der Waals surface area contributed by atoms with E-state index < -0.39 is 15.0 Å². The fourth-order valence-corrected chi connectivity index (χ4v) is 1.83. The Morgan fingerprint density at radius 1 is 1.10 bits per heavy atom. The highest BCUT2D eigenvalue weighted by molar-refractivity contribution is 7.85. The lowest BCUT2D eigenvalue weighted by Gasteiger charge is -2.04. The zero-order valence-corrected chi connectivity index (χ0v) is 11.6. The maximum Gasteiger partial charge on any atom is 0.331 e. The summed E-state index contributed by atoms with van der Waals surface area (Å²) in [6, 6.07) is 11.6. The normalized spacial score (nSPS) is 10.4. The van der Waals surface area contributed by atoms with Crippen LogP contribution in [0.1, 0.15) is 0 Å². The molecule has 9 heteroatoms. The molecule has 0 saturated carbocycles. The molecule has 0 radical (unpaired) electrons. The summed E-state index contributed by atoms with van der Waals surface area (Å²) < 4.78 is 30.8. The zero-order chi connectivity index (χ0) is 16.0. The van der Waals surface area contributed by atoms with Crippen molar-refractivity contribution in [1.82, 2.24) is 0 Å². The van der Waals surface area contributed by atoms with Crippen LogP contribution < -0.4 is 11.5 Å². The zero-order valence-electron chi connectivity index (χ0n) is 10.8. The van der Waals surface area contributed by atoms with E-state index in [9.17, 15) is 23.1 Å². The summed E-state index contributed by atoms with van der Waals surface area (Å²) >= 11 is 0. The van der Waals surface area contributed by atoms with Gasteiger partial charge in [0.2, 0.25) is 5.69 Å². The monoisotopic (exact) mass is 311 g/mol. The topological polar surface area (TPSA) is 154 Å². The molecule has 0 aliphatic carbocycles. The summed E-state index contributed by atoms with van der Waals surface area (Å²) in [5, 5.41) is 10.3. The van der Waals surface area contributed by atoms with Gasteiger partial charge >= 0.3 is 5.69 Å². The number of benzene rings is 2. The van der Waals surface area contributed by atoms with E-state index in [4.69, 9.17) is 5.73 Å². The smallest absolute Gasteiger partial charge is 0.331 e. The fraction of sp³-hybridized carbons (Fsp3) is 0. The molecule has 0 aliphatic rings. The third-order valence-corrected chi connectivity index (χ3v) is 3.19. The average molecular weight is 311 g/mol. The van der Waals surface area contributed by atoms with E-state index >= 15 is 0 Å². The van der Waals surface area contributed by atoms with Gasteiger partial charge in [0.05, 0.1) is 9.82 Å². The van der Waals surface area contributed by atoms with Gasteiger partial charge in [-0.1, -0.05) is 18.2 Å². The van der Waals surface area contributed by atoms with Crippen LogP contribution in [0.2, 0.25) is 0 Å². The fourth-order valence-electron chi connectivity index (χ4n) is 1.34. The first-order chi connectivity index (χ1) is 9.71. The van der Waals surface area contributed by atoms with E-state index in [0.29, 0.717) is 11.4 Å². The molecule has 112 valence electrons. The molecule has 2 aromatic carbocycles. The van der Waals surface area contributed by atoms with Crippen molar-refractivity contribution in [2.75, 3.05) is 5.73 Å². The highest BCUT2D eigenvalue weighted by Gasteiger charge is 2.13. The Morgan fingerprint density at radius 2 is 1.67 bits per heavy atom. The molecule has 5 N–H and O–H groups in total. The number of hydrogen-bond donors (Lipinski definition) is 2. The van der Waals surface area contributed by atoms with Crippen molar-refractivity contribution in [3.8, 4) is 0 Å². The minimum Gasteiger partial charge on any atom is -0.744 e. The molecule has 0 spiro atoms. The number of hydrogen-bond acceptors (Lipinski definition) is 6. The van der Waals surface area contributed by atoms with E-state index in [0.717, 1.165) is 0 Å². The van der Waals surface area contributed by atoms with Crippen molar-refractivity contribution in [3.63, 3.8) is 0 Å². The van der Waals surface area contributed by atoms with Gasteiger partial charge in [0, 0.05) is 17.8 Å². The highest BCUT2D eigenvalue weighted by atomic mass is 32.2. The summed E-state index contributed by atoms with van der Waals surface area (Å²) in [6.07, 6.45) is 0. The van der Waals surface area contributed by atoms with Gasteiger partial charge in [0.25, 0.3) is 0 Å². The third-order valence-electron chi connectivity index (χ3n) is 2.34. The lowest BCUT2D eigenvalue weighted by Crippen LogP contribution is -2.40. The minimum atomic E-state index is -4.25. The minimum absolute atomic E-state index is 0.0370. The van der Waals surface area contributed by atoms with Gasteiger partial charge in [0.1, 0.15) is 10.1 Å². The molecule has 0 unspecified atom stereocenters. The second-order valence-corrected chi connectivity index (χ2v) is 5.29. The van der Waals surface area contributed by atoms with Gasteiger partial charge in [-0.3, -0.25) is 10.1 Å². The summed E-state index contributed by atoms with van der Waals surface area (Å²) in [5.74, 6) is 0. The van der Waals surface area contributed by atoms with Crippen molar-refractivity contribution >= 4 is 27.2 Å². The predicted octanol–water partition coefficient (Wildman–Crippen LogP) is 0.641. The number of nitrogens with zero attached hydrogens (tertiary/aromatic N) is 1. The van der Waals surface area contributed by atoms with E-state index in [1.54, 1.807) is 12.1 Å². The van der Waals surface area contributed by atoms with Gasteiger partial charge in [-0.25, -0.2) is 8.42 Å². The predicted molar refractivity (Wildman–Crippen MR) is 74.5 cm³/mol. The van der Waals surface area contributed by atoms with Gasteiger partial charge in [-0.05, 0) is 18.2 Å². The van der Waals surface area contributed by atoms with Crippen molar-refractivity contribution in [3.05, 3.63) is 58.6 Å². The molecular formula is C12H13N3O5S. The Bertz CT molecular complexity index is 732. The van der Waals surface area contributed by atoms with Crippen LogP contribution in [0.15, 0.2) is 53.4 Å². The van der Waals surface area contributed by atoms with E-state index in [2.05, 4.69) is 5.73 Å². The maximum atomic E-state index is 10.3. The Labute approximate surface area is 120 Å². The Kier molecular flexibility index (Phi) is 5.36. The molecule has 2 rings (SSSR count). The molecular weight excluding hydrogens is 298 g/mol. The number of rotatable bonds is 2. The van der Waals surface area contributed by atoms with Crippen molar-refractivity contribution in [1.29, 1.82) is 0 Å². The molecule has 0 heterocycles. The molecule has 0 atom stereocenters. The molecule has 0 fully saturated rings. The average Bonchev–Trinajstić information content (AvgIpc) is 2.42. The van der Waals surface area contributed by atoms with E-state index in [1.807, 2.05) is 0 Å². The van der Waals surface area contributed by atoms with Crippen LogP contribution in [0.4, 0.5) is 17.1 Å². The van der Waals surface area contributed by atoms with Crippen molar-refractivity contribution < 1.29 is 23.6 Å². The summed E-state index contributed by atoms with van der Waals surface area (Å²) in [5.41, 5.74) is 9.54. The highest BCUT2D eigenvalue weighted by Crippen LogP contribution is 2.21. The van der Waals surface area contributed by atoms with Crippen LogP contribution in [0.5, 0.6) is 0 Å². The first-order valence-corrected chi connectivity index (χ1v) is 6.99. The second-order valence-electron chi connectivity index (χ2n) is 3.91. The van der Waals surface area contributed by atoms with Gasteiger partial charge < -0.3 is 16.0 Å².